The van der Waals surface area contributed by atoms with Crippen LogP contribution in [0.4, 0.5) is 0 Å². The van der Waals surface area contributed by atoms with Crippen LogP contribution in [0.2, 0.25) is 0 Å². The van der Waals surface area contributed by atoms with E-state index in [0.29, 0.717) is 11.5 Å². The highest BCUT2D eigenvalue weighted by Gasteiger charge is 2.18. The van der Waals surface area contributed by atoms with Gasteiger partial charge in [-0.25, -0.2) is 0 Å². The maximum Gasteiger partial charge on any atom is 0.252 e. The summed E-state index contributed by atoms with van der Waals surface area (Å²) in [6, 6.07) is 11.8. The summed E-state index contributed by atoms with van der Waals surface area (Å²) < 4.78 is 5.53. The quantitative estimate of drug-likeness (QED) is 0.456. The summed E-state index contributed by atoms with van der Waals surface area (Å²) in [6.07, 6.45) is 1.84. The Hall–Kier alpha value is -2.20. The van der Waals surface area contributed by atoms with Gasteiger partial charge in [0, 0.05) is 10.6 Å². The van der Waals surface area contributed by atoms with E-state index in [4.69, 9.17) is 4.74 Å². The number of aryl methyl sites for hydroxylation is 1. The third-order valence-corrected chi connectivity index (χ3v) is 5.61. The molecule has 0 unspecified atom stereocenters. The maximum absolute atomic E-state index is 12.9. The SMILES string of the molecule is C=CCSc1ccccc1C(=O)N[C@H](C)c1cc(C(C)C)c(OC)cc1C. The lowest BCUT2D eigenvalue weighted by atomic mass is 9.93. The normalized spacial score (nSPS) is 11.9. The van der Waals surface area contributed by atoms with E-state index in [-0.39, 0.29) is 11.9 Å². The predicted molar refractivity (Wildman–Crippen MR) is 115 cm³/mol. The van der Waals surface area contributed by atoms with Gasteiger partial charge in [-0.05, 0) is 60.7 Å². The van der Waals surface area contributed by atoms with Crippen LogP contribution in [0.25, 0.3) is 0 Å². The van der Waals surface area contributed by atoms with Crippen molar-refractivity contribution in [2.45, 2.75) is 44.6 Å². The average Bonchev–Trinajstić information content (AvgIpc) is 2.65. The van der Waals surface area contributed by atoms with Crippen LogP contribution in [-0.4, -0.2) is 18.8 Å². The summed E-state index contributed by atoms with van der Waals surface area (Å²) >= 11 is 1.62. The fraction of sp³-hybridized carbons (Fsp3) is 0.348. The lowest BCUT2D eigenvalue weighted by Crippen LogP contribution is -2.27. The minimum absolute atomic E-state index is 0.0593. The molecule has 0 spiro atoms. The number of hydrogen-bond donors (Lipinski definition) is 1. The van der Waals surface area contributed by atoms with Gasteiger partial charge in [-0.3, -0.25) is 4.79 Å². The Labute approximate surface area is 167 Å². The lowest BCUT2D eigenvalue weighted by molar-refractivity contribution is 0.0937. The van der Waals surface area contributed by atoms with Crippen molar-refractivity contribution < 1.29 is 9.53 Å². The van der Waals surface area contributed by atoms with Crippen molar-refractivity contribution in [2.75, 3.05) is 12.9 Å². The molecule has 0 aromatic heterocycles. The zero-order chi connectivity index (χ0) is 20.0. The molecule has 0 bridgehead atoms. The molecule has 2 rings (SSSR count). The van der Waals surface area contributed by atoms with E-state index in [1.807, 2.05) is 37.3 Å². The second kappa shape index (κ2) is 9.65. The fourth-order valence-electron chi connectivity index (χ4n) is 3.09. The first-order valence-electron chi connectivity index (χ1n) is 9.21. The molecule has 0 radical (unpaired) electrons. The van der Waals surface area contributed by atoms with E-state index in [9.17, 15) is 4.79 Å². The molecular weight excluding hydrogens is 354 g/mol. The molecule has 0 saturated carbocycles. The second-order valence-corrected chi connectivity index (χ2v) is 7.96. The second-order valence-electron chi connectivity index (χ2n) is 6.90. The summed E-state index contributed by atoms with van der Waals surface area (Å²) in [4.78, 5) is 13.9. The van der Waals surface area contributed by atoms with E-state index in [0.717, 1.165) is 33.1 Å². The first-order valence-corrected chi connectivity index (χ1v) is 10.2. The molecule has 0 fully saturated rings. The minimum atomic E-state index is -0.0987. The number of nitrogens with one attached hydrogen (secondary N) is 1. The number of methoxy groups -OCH3 is 1. The molecule has 1 amide bonds. The Morgan fingerprint density at radius 1 is 1.22 bits per heavy atom. The van der Waals surface area contributed by atoms with Crippen LogP contribution >= 0.6 is 11.8 Å². The van der Waals surface area contributed by atoms with Gasteiger partial charge in [0.05, 0.1) is 18.7 Å². The van der Waals surface area contributed by atoms with Crippen molar-refractivity contribution in [3.63, 3.8) is 0 Å². The van der Waals surface area contributed by atoms with E-state index in [1.165, 1.54) is 0 Å². The van der Waals surface area contributed by atoms with E-state index in [2.05, 4.69) is 44.8 Å². The highest BCUT2D eigenvalue weighted by Crippen LogP contribution is 2.32. The Morgan fingerprint density at radius 2 is 1.93 bits per heavy atom. The standard InChI is InChI=1S/C23H29NO2S/c1-7-12-27-22-11-9-8-10-18(22)23(25)24-17(5)20-14-19(15(2)3)21(26-6)13-16(20)4/h7-11,13-15,17H,1,12H2,2-6H3,(H,24,25)/t17-/m1/s1. The van der Waals surface area contributed by atoms with Gasteiger partial charge in [0.25, 0.3) is 5.91 Å². The van der Waals surface area contributed by atoms with Crippen molar-refractivity contribution in [2.24, 2.45) is 0 Å². The third kappa shape index (κ3) is 5.16. The topological polar surface area (TPSA) is 38.3 Å². The van der Waals surface area contributed by atoms with E-state index >= 15 is 0 Å². The summed E-state index contributed by atoms with van der Waals surface area (Å²) in [5.74, 6) is 1.96. The van der Waals surface area contributed by atoms with Gasteiger partial charge in [0.15, 0.2) is 0 Å². The van der Waals surface area contributed by atoms with Crippen LogP contribution in [0.5, 0.6) is 5.75 Å². The number of carbonyl (C=O) groups excluding carboxylic acids is 1. The third-order valence-electron chi connectivity index (χ3n) is 4.54. The highest BCUT2D eigenvalue weighted by atomic mass is 32.2. The first-order chi connectivity index (χ1) is 12.9. The highest BCUT2D eigenvalue weighted by molar-refractivity contribution is 7.99. The van der Waals surface area contributed by atoms with E-state index in [1.54, 1.807) is 18.9 Å². The number of amides is 1. The zero-order valence-electron chi connectivity index (χ0n) is 16.8. The molecule has 2 aromatic rings. The summed E-state index contributed by atoms with van der Waals surface area (Å²) in [5.41, 5.74) is 4.08. The summed E-state index contributed by atoms with van der Waals surface area (Å²) in [6.45, 7) is 12.1. The Kier molecular flexibility index (Phi) is 7.55. The number of carbonyl (C=O) groups is 1. The number of benzene rings is 2. The Morgan fingerprint density at radius 3 is 2.56 bits per heavy atom. The van der Waals surface area contributed by atoms with Gasteiger partial charge >= 0.3 is 0 Å². The molecule has 0 aliphatic heterocycles. The van der Waals surface area contributed by atoms with Gasteiger partial charge < -0.3 is 10.1 Å². The van der Waals surface area contributed by atoms with Crippen LogP contribution in [0.1, 0.15) is 59.8 Å². The lowest BCUT2D eigenvalue weighted by Gasteiger charge is -2.21. The number of thioether (sulfide) groups is 1. The molecule has 0 aliphatic rings. The Balaban J connectivity index is 2.27. The van der Waals surface area contributed by atoms with Crippen molar-refractivity contribution >= 4 is 17.7 Å². The van der Waals surface area contributed by atoms with Gasteiger partial charge in [-0.2, -0.15) is 0 Å². The largest absolute Gasteiger partial charge is 0.496 e. The number of ether oxygens (including phenoxy) is 1. The number of rotatable bonds is 8. The molecule has 0 aliphatic carbocycles. The molecule has 27 heavy (non-hydrogen) atoms. The molecular formula is C23H29NO2S. The van der Waals surface area contributed by atoms with Crippen LogP contribution in [0.15, 0.2) is 53.9 Å². The molecule has 1 N–H and O–H groups in total. The summed E-state index contributed by atoms with van der Waals surface area (Å²) in [5, 5.41) is 3.15. The predicted octanol–water partition coefficient (Wildman–Crippen LogP) is 5.90. The van der Waals surface area contributed by atoms with Gasteiger partial charge in [-0.1, -0.05) is 32.1 Å². The first kappa shape index (κ1) is 21.1. The summed E-state index contributed by atoms with van der Waals surface area (Å²) in [7, 11) is 1.70. The van der Waals surface area contributed by atoms with Crippen LogP contribution < -0.4 is 10.1 Å². The average molecular weight is 384 g/mol. The molecule has 2 aromatic carbocycles. The minimum Gasteiger partial charge on any atom is -0.496 e. The fourth-order valence-corrected chi connectivity index (χ4v) is 3.88. The monoisotopic (exact) mass is 383 g/mol. The van der Waals surface area contributed by atoms with Gasteiger partial charge in [-0.15, -0.1) is 18.3 Å². The zero-order valence-corrected chi connectivity index (χ0v) is 17.7. The molecule has 0 saturated heterocycles. The van der Waals surface area contributed by atoms with Crippen LogP contribution in [0.3, 0.4) is 0 Å². The number of hydrogen-bond acceptors (Lipinski definition) is 3. The van der Waals surface area contributed by atoms with Crippen LogP contribution in [-0.2, 0) is 0 Å². The van der Waals surface area contributed by atoms with Gasteiger partial charge in [0.2, 0.25) is 0 Å². The molecule has 4 heteroatoms. The van der Waals surface area contributed by atoms with Crippen LogP contribution in [0, 0.1) is 6.92 Å². The van der Waals surface area contributed by atoms with Crippen molar-refractivity contribution in [1.82, 2.24) is 5.32 Å². The molecule has 144 valence electrons. The molecule has 0 heterocycles. The van der Waals surface area contributed by atoms with Crippen molar-refractivity contribution in [3.8, 4) is 5.75 Å². The Bertz CT molecular complexity index is 814. The molecule has 3 nitrogen and oxygen atoms in total. The molecule has 1 atom stereocenters. The van der Waals surface area contributed by atoms with Crippen molar-refractivity contribution in [3.05, 3.63) is 71.3 Å². The maximum atomic E-state index is 12.9. The van der Waals surface area contributed by atoms with Gasteiger partial charge in [0.1, 0.15) is 5.75 Å². The smallest absolute Gasteiger partial charge is 0.252 e. The van der Waals surface area contributed by atoms with E-state index < -0.39 is 0 Å². The van der Waals surface area contributed by atoms with Crippen molar-refractivity contribution in [1.29, 1.82) is 0 Å².